The lowest BCUT2D eigenvalue weighted by Gasteiger charge is -2.25. The largest absolute Gasteiger partial charge is 0.354 e. The Morgan fingerprint density at radius 2 is 2.17 bits per heavy atom. The van der Waals surface area contributed by atoms with Crippen LogP contribution in [0.3, 0.4) is 0 Å². The van der Waals surface area contributed by atoms with Crippen molar-refractivity contribution in [3.8, 4) is 0 Å². The van der Waals surface area contributed by atoms with E-state index in [1.807, 2.05) is 34.0 Å². The highest BCUT2D eigenvalue weighted by atomic mass is 32.1. The fraction of sp³-hybridized carbons (Fsp3) is 0.615. The molecule has 0 saturated heterocycles. The Labute approximate surface area is 113 Å². The van der Waals surface area contributed by atoms with Crippen molar-refractivity contribution in [3.63, 3.8) is 0 Å². The van der Waals surface area contributed by atoms with Gasteiger partial charge in [-0.1, -0.05) is 13.0 Å². The van der Waals surface area contributed by atoms with Crippen LogP contribution in [0.1, 0.15) is 24.8 Å². The number of rotatable bonds is 6. The Bertz CT molecular complexity index is 362. The summed E-state index contributed by atoms with van der Waals surface area (Å²) in [6.07, 6.45) is 0. The predicted molar refractivity (Wildman–Crippen MR) is 76.6 cm³/mol. The molecule has 0 aromatic carbocycles. The van der Waals surface area contributed by atoms with Gasteiger partial charge in [0.25, 0.3) is 0 Å². The quantitative estimate of drug-likeness (QED) is 0.822. The Kier molecular flexibility index (Phi) is 5.78. The zero-order valence-electron chi connectivity index (χ0n) is 11.5. The van der Waals surface area contributed by atoms with Crippen molar-refractivity contribution in [3.05, 3.63) is 22.4 Å². The highest BCUT2D eigenvalue weighted by Crippen LogP contribution is 2.22. The molecule has 4 nitrogen and oxygen atoms in total. The summed E-state index contributed by atoms with van der Waals surface area (Å²) in [5, 5.41) is 5.03. The summed E-state index contributed by atoms with van der Waals surface area (Å²) in [4.78, 5) is 15.2. The van der Waals surface area contributed by atoms with Gasteiger partial charge in [-0.15, -0.1) is 11.3 Å². The molecule has 5 heteroatoms. The van der Waals surface area contributed by atoms with E-state index < -0.39 is 0 Å². The smallest absolute Gasteiger partial charge is 0.224 e. The van der Waals surface area contributed by atoms with Crippen molar-refractivity contribution in [1.82, 2.24) is 10.2 Å². The van der Waals surface area contributed by atoms with E-state index in [1.54, 1.807) is 11.3 Å². The lowest BCUT2D eigenvalue weighted by molar-refractivity contribution is -0.125. The van der Waals surface area contributed by atoms with E-state index in [0.717, 1.165) is 0 Å². The van der Waals surface area contributed by atoms with Gasteiger partial charge in [0, 0.05) is 23.4 Å². The maximum Gasteiger partial charge on any atom is 0.224 e. The van der Waals surface area contributed by atoms with Crippen LogP contribution in [0.2, 0.25) is 0 Å². The van der Waals surface area contributed by atoms with Gasteiger partial charge in [0.15, 0.2) is 0 Å². The second kappa shape index (κ2) is 6.87. The summed E-state index contributed by atoms with van der Waals surface area (Å²) in [5.74, 6) is -0.135. The van der Waals surface area contributed by atoms with Crippen LogP contribution >= 0.6 is 11.3 Å². The second-order valence-electron chi connectivity index (χ2n) is 4.89. The molecule has 1 amide bonds. The zero-order chi connectivity index (χ0) is 13.7. The topological polar surface area (TPSA) is 58.4 Å². The van der Waals surface area contributed by atoms with Gasteiger partial charge in [-0.2, -0.15) is 0 Å². The van der Waals surface area contributed by atoms with Gasteiger partial charge in [-0.05, 0) is 32.5 Å². The van der Waals surface area contributed by atoms with E-state index in [1.165, 1.54) is 4.88 Å². The summed E-state index contributed by atoms with van der Waals surface area (Å²) in [6.45, 7) is 4.33. The molecule has 1 heterocycles. The van der Waals surface area contributed by atoms with Gasteiger partial charge >= 0.3 is 0 Å². The normalized spacial score (nSPS) is 16.3. The van der Waals surface area contributed by atoms with Crippen molar-refractivity contribution in [2.75, 3.05) is 20.6 Å². The summed E-state index contributed by atoms with van der Waals surface area (Å²) >= 11 is 1.71. The molecule has 0 bridgehead atoms. The van der Waals surface area contributed by atoms with E-state index in [0.29, 0.717) is 6.54 Å². The van der Waals surface area contributed by atoms with Crippen molar-refractivity contribution < 1.29 is 4.79 Å². The molecule has 3 N–H and O–H groups in total. The molecule has 0 saturated carbocycles. The average molecular weight is 269 g/mol. The molecule has 1 aromatic heterocycles. The molecular formula is C13H23N3OS. The van der Waals surface area contributed by atoms with Crippen molar-refractivity contribution in [1.29, 1.82) is 0 Å². The SMILES string of the molecule is CC(N)C(C)C(=O)NCC(c1cccs1)N(C)C. The lowest BCUT2D eigenvalue weighted by Crippen LogP contribution is -2.41. The Hall–Kier alpha value is -0.910. The molecule has 1 aromatic rings. The first kappa shape index (κ1) is 15.1. The Morgan fingerprint density at radius 3 is 2.61 bits per heavy atom. The highest BCUT2D eigenvalue weighted by molar-refractivity contribution is 7.10. The minimum Gasteiger partial charge on any atom is -0.354 e. The summed E-state index contributed by atoms with van der Waals surface area (Å²) in [5.41, 5.74) is 5.73. The van der Waals surface area contributed by atoms with Crippen LogP contribution < -0.4 is 11.1 Å². The van der Waals surface area contributed by atoms with Crippen LogP contribution in [0, 0.1) is 5.92 Å². The first-order chi connectivity index (χ1) is 8.43. The molecule has 3 atom stereocenters. The Balaban J connectivity index is 2.57. The van der Waals surface area contributed by atoms with Crippen LogP contribution in [0.5, 0.6) is 0 Å². The predicted octanol–water partition coefficient (Wildman–Crippen LogP) is 1.45. The molecule has 3 unspecified atom stereocenters. The summed E-state index contributed by atoms with van der Waals surface area (Å²) in [6, 6.07) is 4.22. The lowest BCUT2D eigenvalue weighted by atomic mass is 10.0. The van der Waals surface area contributed by atoms with Crippen LogP contribution in [0.25, 0.3) is 0 Å². The molecule has 18 heavy (non-hydrogen) atoms. The van der Waals surface area contributed by atoms with E-state index in [9.17, 15) is 4.79 Å². The van der Waals surface area contributed by atoms with Gasteiger partial charge in [-0.3, -0.25) is 4.79 Å². The van der Waals surface area contributed by atoms with E-state index in [4.69, 9.17) is 5.73 Å². The standard InChI is InChI=1S/C13H23N3OS/c1-9(10(2)14)13(17)15-8-11(16(3)4)12-6-5-7-18-12/h5-7,9-11H,8,14H2,1-4H3,(H,15,17). The number of nitrogens with two attached hydrogens (primary N) is 1. The van der Waals surface area contributed by atoms with E-state index >= 15 is 0 Å². The number of carbonyl (C=O) groups excluding carboxylic acids is 1. The molecule has 1 rings (SSSR count). The van der Waals surface area contributed by atoms with Crippen LogP contribution in [0.15, 0.2) is 17.5 Å². The number of thiophene rings is 1. The molecule has 0 radical (unpaired) electrons. The summed E-state index contributed by atoms with van der Waals surface area (Å²) < 4.78 is 0. The third kappa shape index (κ3) is 4.08. The van der Waals surface area contributed by atoms with E-state index in [2.05, 4.69) is 21.7 Å². The van der Waals surface area contributed by atoms with Crippen LogP contribution in [-0.4, -0.2) is 37.5 Å². The number of hydrogen-bond acceptors (Lipinski definition) is 4. The third-order valence-electron chi connectivity index (χ3n) is 3.17. The Morgan fingerprint density at radius 1 is 1.50 bits per heavy atom. The first-order valence-corrected chi connectivity index (χ1v) is 7.04. The van der Waals surface area contributed by atoms with Gasteiger partial charge in [0.2, 0.25) is 5.91 Å². The van der Waals surface area contributed by atoms with Gasteiger partial charge in [0.05, 0.1) is 6.04 Å². The molecule has 102 valence electrons. The fourth-order valence-corrected chi connectivity index (χ4v) is 2.54. The van der Waals surface area contributed by atoms with Crippen molar-refractivity contribution >= 4 is 17.2 Å². The third-order valence-corrected chi connectivity index (χ3v) is 4.14. The summed E-state index contributed by atoms with van der Waals surface area (Å²) in [7, 11) is 4.04. The molecular weight excluding hydrogens is 246 g/mol. The van der Waals surface area contributed by atoms with Gasteiger partial charge in [-0.25, -0.2) is 0 Å². The van der Waals surface area contributed by atoms with E-state index in [-0.39, 0.29) is 23.9 Å². The maximum absolute atomic E-state index is 11.9. The number of nitrogens with one attached hydrogen (secondary N) is 1. The van der Waals surface area contributed by atoms with Crippen LogP contribution in [-0.2, 0) is 4.79 Å². The fourth-order valence-electron chi connectivity index (χ4n) is 1.62. The van der Waals surface area contributed by atoms with Crippen molar-refractivity contribution in [2.24, 2.45) is 11.7 Å². The first-order valence-electron chi connectivity index (χ1n) is 6.16. The number of amides is 1. The highest BCUT2D eigenvalue weighted by Gasteiger charge is 2.20. The minimum absolute atomic E-state index is 0.0217. The number of carbonyl (C=O) groups is 1. The molecule has 0 aliphatic carbocycles. The molecule has 0 aliphatic heterocycles. The van der Waals surface area contributed by atoms with Gasteiger partial charge < -0.3 is 16.0 Å². The zero-order valence-corrected chi connectivity index (χ0v) is 12.3. The number of nitrogens with zero attached hydrogens (tertiary/aromatic N) is 1. The number of likely N-dealkylation sites (N-methyl/N-ethyl adjacent to an activating group) is 1. The average Bonchev–Trinajstić information content (AvgIpc) is 2.81. The number of hydrogen-bond donors (Lipinski definition) is 2. The minimum atomic E-state index is -0.156. The van der Waals surface area contributed by atoms with Gasteiger partial charge in [0.1, 0.15) is 0 Å². The van der Waals surface area contributed by atoms with Crippen LogP contribution in [0.4, 0.5) is 0 Å². The second-order valence-corrected chi connectivity index (χ2v) is 5.87. The van der Waals surface area contributed by atoms with Crippen molar-refractivity contribution in [2.45, 2.75) is 25.9 Å². The molecule has 0 fully saturated rings. The molecule has 0 aliphatic rings. The maximum atomic E-state index is 11.9. The molecule has 0 spiro atoms. The monoisotopic (exact) mass is 269 g/mol.